The van der Waals surface area contributed by atoms with Crippen LogP contribution in [0.3, 0.4) is 0 Å². The first-order valence-corrected chi connectivity index (χ1v) is 5.98. The van der Waals surface area contributed by atoms with Crippen molar-refractivity contribution < 1.29 is 13.6 Å². The van der Waals surface area contributed by atoms with Crippen LogP contribution in [-0.4, -0.2) is 10.6 Å². The number of hydrogen-bond acceptors (Lipinski definition) is 1. The molecule has 17 heavy (non-hydrogen) atoms. The van der Waals surface area contributed by atoms with Gasteiger partial charge in [-0.05, 0) is 29.8 Å². The van der Waals surface area contributed by atoms with Crippen LogP contribution in [0.15, 0.2) is 30.3 Å². The molecule has 0 aliphatic carbocycles. The van der Waals surface area contributed by atoms with E-state index in [2.05, 4.69) is 15.9 Å². The minimum atomic E-state index is -0.944. The smallest absolute Gasteiger partial charge is 0.176 e. The predicted octanol–water partition coefficient (Wildman–Crippen LogP) is 4.08. The second-order valence-electron chi connectivity index (χ2n) is 3.77. The van der Waals surface area contributed by atoms with E-state index in [-0.39, 0.29) is 10.6 Å². The van der Waals surface area contributed by atoms with Crippen molar-refractivity contribution in [3.8, 4) is 0 Å². The van der Waals surface area contributed by atoms with Crippen molar-refractivity contribution in [2.75, 3.05) is 0 Å². The number of halogens is 3. The van der Waals surface area contributed by atoms with Crippen molar-refractivity contribution in [3.05, 3.63) is 47.5 Å². The van der Waals surface area contributed by atoms with Gasteiger partial charge in [0.25, 0.3) is 0 Å². The number of fused-ring (bicyclic) bond motifs is 1. The highest BCUT2D eigenvalue weighted by Gasteiger charge is 2.16. The van der Waals surface area contributed by atoms with Crippen LogP contribution in [0.5, 0.6) is 0 Å². The van der Waals surface area contributed by atoms with E-state index >= 15 is 0 Å². The van der Waals surface area contributed by atoms with Gasteiger partial charge in [0.2, 0.25) is 0 Å². The first kappa shape index (κ1) is 12.2. The van der Waals surface area contributed by atoms with E-state index < -0.39 is 11.6 Å². The number of Topliss-reactive ketones (excluding diaryl/α,β-unsaturated/α-hetero) is 1. The molecule has 0 N–H and O–H groups in total. The molecule has 0 saturated carbocycles. The van der Waals surface area contributed by atoms with E-state index in [1.807, 2.05) is 0 Å². The number of alkyl halides is 1. The fraction of sp³-hybridized carbons (Fsp3) is 0.154. The van der Waals surface area contributed by atoms with Crippen LogP contribution in [0.1, 0.15) is 17.3 Å². The Bertz CT molecular complexity index is 593. The summed E-state index contributed by atoms with van der Waals surface area (Å²) in [6.45, 7) is 1.70. The van der Waals surface area contributed by atoms with E-state index in [0.717, 1.165) is 12.1 Å². The Hall–Kier alpha value is -1.29. The van der Waals surface area contributed by atoms with Gasteiger partial charge in [0.15, 0.2) is 17.4 Å². The summed E-state index contributed by atoms with van der Waals surface area (Å²) in [6, 6.07) is 7.07. The number of ketones is 1. The van der Waals surface area contributed by atoms with E-state index in [1.54, 1.807) is 25.1 Å². The fourth-order valence-corrected chi connectivity index (χ4v) is 1.95. The third-order valence-electron chi connectivity index (χ3n) is 2.55. The van der Waals surface area contributed by atoms with Gasteiger partial charge in [0.05, 0.1) is 4.83 Å². The molecule has 0 amide bonds. The van der Waals surface area contributed by atoms with Crippen molar-refractivity contribution >= 4 is 32.5 Å². The molecule has 2 rings (SSSR count). The van der Waals surface area contributed by atoms with Crippen molar-refractivity contribution in [2.24, 2.45) is 0 Å². The quantitative estimate of drug-likeness (QED) is 0.603. The van der Waals surface area contributed by atoms with Gasteiger partial charge >= 0.3 is 0 Å². The lowest BCUT2D eigenvalue weighted by molar-refractivity contribution is 0.0997. The molecule has 0 saturated heterocycles. The monoisotopic (exact) mass is 298 g/mol. The molecular weight excluding hydrogens is 290 g/mol. The molecule has 2 aromatic carbocycles. The molecule has 0 aromatic heterocycles. The number of carbonyl (C=O) groups is 1. The standard InChI is InChI=1S/C13H9BrF2O/c1-7(14)13(17)9-4-2-3-8-5-11(15)12(16)6-10(8)9/h2-7H,1H3. The van der Waals surface area contributed by atoms with Crippen molar-refractivity contribution in [1.82, 2.24) is 0 Å². The van der Waals surface area contributed by atoms with Crippen LogP contribution in [0.4, 0.5) is 8.78 Å². The summed E-state index contributed by atoms with van der Waals surface area (Å²) >= 11 is 3.18. The average molecular weight is 299 g/mol. The van der Waals surface area contributed by atoms with Gasteiger partial charge in [-0.15, -0.1) is 0 Å². The second kappa shape index (κ2) is 4.53. The normalized spacial score (nSPS) is 12.7. The maximum Gasteiger partial charge on any atom is 0.176 e. The maximum atomic E-state index is 13.2. The lowest BCUT2D eigenvalue weighted by Crippen LogP contribution is -2.10. The number of hydrogen-bond donors (Lipinski definition) is 0. The Morgan fingerprint density at radius 1 is 1.24 bits per heavy atom. The van der Waals surface area contributed by atoms with Gasteiger partial charge in [-0.25, -0.2) is 8.78 Å². The molecule has 0 aliphatic rings. The van der Waals surface area contributed by atoms with Gasteiger partial charge in [-0.2, -0.15) is 0 Å². The molecule has 0 heterocycles. The molecular formula is C13H9BrF2O. The van der Waals surface area contributed by atoms with Crippen LogP contribution in [-0.2, 0) is 0 Å². The molecule has 0 fully saturated rings. The lowest BCUT2D eigenvalue weighted by atomic mass is 10.00. The molecule has 0 bridgehead atoms. The third-order valence-corrected chi connectivity index (χ3v) is 2.96. The summed E-state index contributed by atoms with van der Waals surface area (Å²) < 4.78 is 26.3. The zero-order valence-electron chi connectivity index (χ0n) is 9.01. The van der Waals surface area contributed by atoms with Crippen LogP contribution in [0.2, 0.25) is 0 Å². The Morgan fingerprint density at radius 3 is 2.53 bits per heavy atom. The van der Waals surface area contributed by atoms with E-state index in [0.29, 0.717) is 16.3 Å². The molecule has 88 valence electrons. The van der Waals surface area contributed by atoms with Crippen LogP contribution in [0.25, 0.3) is 10.8 Å². The first-order chi connectivity index (χ1) is 8.00. The predicted molar refractivity (Wildman–Crippen MR) is 66.6 cm³/mol. The molecule has 2 aromatic rings. The van der Waals surface area contributed by atoms with Crippen molar-refractivity contribution in [2.45, 2.75) is 11.8 Å². The minimum absolute atomic E-state index is 0.151. The number of rotatable bonds is 2. The summed E-state index contributed by atoms with van der Waals surface area (Å²) in [5.74, 6) is -2.00. The summed E-state index contributed by atoms with van der Waals surface area (Å²) in [5, 5.41) is 0.950. The van der Waals surface area contributed by atoms with Crippen molar-refractivity contribution in [3.63, 3.8) is 0 Å². The highest BCUT2D eigenvalue weighted by molar-refractivity contribution is 9.10. The topological polar surface area (TPSA) is 17.1 Å². The van der Waals surface area contributed by atoms with Crippen LogP contribution in [0, 0.1) is 11.6 Å². The summed E-state index contributed by atoms with van der Waals surface area (Å²) in [5.41, 5.74) is 0.394. The van der Waals surface area contributed by atoms with Crippen LogP contribution >= 0.6 is 15.9 Å². The average Bonchev–Trinajstić information content (AvgIpc) is 2.29. The van der Waals surface area contributed by atoms with Gasteiger partial charge in [-0.1, -0.05) is 34.1 Å². The van der Waals surface area contributed by atoms with Gasteiger partial charge in [0, 0.05) is 5.56 Å². The summed E-state index contributed by atoms with van der Waals surface area (Å²) in [7, 11) is 0. The number of carbonyl (C=O) groups excluding carboxylic acids is 1. The maximum absolute atomic E-state index is 13.2. The zero-order chi connectivity index (χ0) is 12.6. The Morgan fingerprint density at radius 2 is 1.88 bits per heavy atom. The molecule has 4 heteroatoms. The van der Waals surface area contributed by atoms with Crippen LogP contribution < -0.4 is 0 Å². The highest BCUT2D eigenvalue weighted by atomic mass is 79.9. The molecule has 0 radical (unpaired) electrons. The largest absolute Gasteiger partial charge is 0.293 e. The summed E-state index contributed by atoms with van der Waals surface area (Å²) in [6.07, 6.45) is 0. The zero-order valence-corrected chi connectivity index (χ0v) is 10.6. The summed E-state index contributed by atoms with van der Waals surface area (Å²) in [4.78, 5) is 11.5. The third kappa shape index (κ3) is 2.22. The molecule has 0 spiro atoms. The lowest BCUT2D eigenvalue weighted by Gasteiger charge is -2.07. The minimum Gasteiger partial charge on any atom is -0.293 e. The van der Waals surface area contributed by atoms with E-state index in [1.165, 1.54) is 0 Å². The number of benzene rings is 2. The Balaban J connectivity index is 2.73. The Kier molecular flexibility index (Phi) is 3.24. The van der Waals surface area contributed by atoms with E-state index in [9.17, 15) is 13.6 Å². The second-order valence-corrected chi connectivity index (χ2v) is 5.15. The van der Waals surface area contributed by atoms with E-state index in [4.69, 9.17) is 0 Å². The highest BCUT2D eigenvalue weighted by Crippen LogP contribution is 2.24. The van der Waals surface area contributed by atoms with Gasteiger partial charge in [0.1, 0.15) is 0 Å². The molecule has 1 nitrogen and oxygen atoms in total. The molecule has 0 aliphatic heterocycles. The first-order valence-electron chi connectivity index (χ1n) is 5.07. The Labute approximate surface area is 106 Å². The fourth-order valence-electron chi connectivity index (χ4n) is 1.70. The van der Waals surface area contributed by atoms with Gasteiger partial charge in [-0.3, -0.25) is 4.79 Å². The van der Waals surface area contributed by atoms with Gasteiger partial charge < -0.3 is 0 Å². The SMILES string of the molecule is CC(Br)C(=O)c1cccc2cc(F)c(F)cc12. The molecule has 1 atom stereocenters. The molecule has 1 unspecified atom stereocenters. The van der Waals surface area contributed by atoms with Crippen molar-refractivity contribution in [1.29, 1.82) is 0 Å².